The second-order valence-corrected chi connectivity index (χ2v) is 5.29. The maximum Gasteiger partial charge on any atom is 0.123 e. The Morgan fingerprint density at radius 3 is 2.38 bits per heavy atom. The van der Waals surface area contributed by atoms with Gasteiger partial charge in [-0.15, -0.1) is 0 Å². The number of nitrogens with two attached hydrogens (primary N) is 1. The van der Waals surface area contributed by atoms with Crippen LogP contribution in [-0.4, -0.2) is 16.8 Å². The molecule has 0 saturated carbocycles. The fourth-order valence-corrected chi connectivity index (χ4v) is 1.97. The Balaban J connectivity index is 3.24. The molecule has 0 saturated heterocycles. The van der Waals surface area contributed by atoms with Crippen LogP contribution in [0.25, 0.3) is 0 Å². The molecule has 1 rings (SSSR count). The van der Waals surface area contributed by atoms with Gasteiger partial charge in [0.1, 0.15) is 5.75 Å². The zero-order valence-electron chi connectivity index (χ0n) is 9.17. The van der Waals surface area contributed by atoms with Crippen molar-refractivity contribution in [1.82, 2.24) is 0 Å². The fraction of sp³-hybridized carbons (Fsp3) is 0.455. The number of halogens is 2. The highest BCUT2D eigenvalue weighted by atomic mass is 35.5. The topological polar surface area (TPSA) is 66.5 Å². The number of hydrogen-bond acceptors (Lipinski definition) is 3. The van der Waals surface area contributed by atoms with Crippen molar-refractivity contribution in [2.45, 2.75) is 19.9 Å². The van der Waals surface area contributed by atoms with Gasteiger partial charge in [0.2, 0.25) is 0 Å². The predicted octanol–water partition coefficient (Wildman–Crippen LogP) is 2.72. The van der Waals surface area contributed by atoms with E-state index in [1.54, 1.807) is 13.8 Å². The first-order valence-electron chi connectivity index (χ1n) is 4.84. The Morgan fingerprint density at radius 1 is 1.38 bits per heavy atom. The second kappa shape index (κ2) is 4.80. The fourth-order valence-electron chi connectivity index (χ4n) is 1.37. The summed E-state index contributed by atoms with van der Waals surface area (Å²) in [7, 11) is 0. The molecule has 0 heterocycles. The molecule has 0 aliphatic heterocycles. The summed E-state index contributed by atoms with van der Waals surface area (Å²) in [6, 6.07) is 2.34. The lowest BCUT2D eigenvalue weighted by Crippen LogP contribution is -2.32. The number of phenols is 1. The summed E-state index contributed by atoms with van der Waals surface area (Å²) in [6.45, 7) is 3.48. The lowest BCUT2D eigenvalue weighted by Gasteiger charge is -2.30. The van der Waals surface area contributed by atoms with Crippen molar-refractivity contribution >= 4 is 23.2 Å². The molecule has 1 aromatic carbocycles. The number of rotatable bonds is 3. The van der Waals surface area contributed by atoms with Gasteiger partial charge in [-0.1, -0.05) is 37.0 Å². The Labute approximate surface area is 105 Å². The maximum absolute atomic E-state index is 9.77. The summed E-state index contributed by atoms with van der Waals surface area (Å²) in [5.74, 6) is -0.0495. The lowest BCUT2D eigenvalue weighted by atomic mass is 9.81. The van der Waals surface area contributed by atoms with Crippen LogP contribution in [0.3, 0.4) is 0 Å². The van der Waals surface area contributed by atoms with E-state index in [1.807, 2.05) is 0 Å². The lowest BCUT2D eigenvalue weighted by molar-refractivity contribution is 0.131. The van der Waals surface area contributed by atoms with Crippen LogP contribution < -0.4 is 5.73 Å². The first-order valence-corrected chi connectivity index (χ1v) is 5.59. The smallest absolute Gasteiger partial charge is 0.123 e. The highest BCUT2D eigenvalue weighted by molar-refractivity contribution is 6.35. The zero-order valence-corrected chi connectivity index (χ0v) is 10.7. The van der Waals surface area contributed by atoms with Gasteiger partial charge >= 0.3 is 0 Å². The van der Waals surface area contributed by atoms with Crippen LogP contribution >= 0.6 is 23.2 Å². The van der Waals surface area contributed by atoms with Crippen LogP contribution in [0, 0.1) is 5.41 Å². The maximum atomic E-state index is 9.77. The molecule has 0 fully saturated rings. The molecule has 0 aliphatic carbocycles. The molecule has 0 radical (unpaired) electrons. The molecule has 0 aliphatic rings. The molecule has 0 spiro atoms. The molecule has 0 unspecified atom stereocenters. The van der Waals surface area contributed by atoms with Gasteiger partial charge in [-0.2, -0.15) is 0 Å². The van der Waals surface area contributed by atoms with Crippen LogP contribution in [0.5, 0.6) is 5.75 Å². The van der Waals surface area contributed by atoms with E-state index in [1.165, 1.54) is 12.1 Å². The minimum atomic E-state index is -0.574. The number of aliphatic hydroxyl groups is 1. The molecule has 0 aromatic heterocycles. The van der Waals surface area contributed by atoms with Gasteiger partial charge in [0.25, 0.3) is 0 Å². The van der Waals surface area contributed by atoms with Crippen LogP contribution in [0.1, 0.15) is 25.5 Å². The average molecular weight is 264 g/mol. The highest BCUT2D eigenvalue weighted by Gasteiger charge is 2.30. The molecule has 16 heavy (non-hydrogen) atoms. The van der Waals surface area contributed by atoms with E-state index >= 15 is 0 Å². The molecule has 1 atom stereocenters. The Bertz CT molecular complexity index is 371. The number of benzene rings is 1. The van der Waals surface area contributed by atoms with Crippen molar-refractivity contribution in [1.29, 1.82) is 0 Å². The largest absolute Gasteiger partial charge is 0.508 e. The van der Waals surface area contributed by atoms with Gasteiger partial charge < -0.3 is 15.9 Å². The predicted molar refractivity (Wildman–Crippen MR) is 65.9 cm³/mol. The van der Waals surface area contributed by atoms with Crippen molar-refractivity contribution in [3.8, 4) is 5.75 Å². The summed E-state index contributed by atoms with van der Waals surface area (Å²) in [4.78, 5) is 0. The van der Waals surface area contributed by atoms with Crippen molar-refractivity contribution in [2.75, 3.05) is 6.61 Å². The van der Waals surface area contributed by atoms with Crippen LogP contribution in [0.2, 0.25) is 10.0 Å². The molecule has 0 bridgehead atoms. The van der Waals surface area contributed by atoms with Crippen LogP contribution in [0.4, 0.5) is 0 Å². The minimum absolute atomic E-state index is 0.0495. The van der Waals surface area contributed by atoms with Crippen molar-refractivity contribution in [3.05, 3.63) is 27.7 Å². The van der Waals surface area contributed by atoms with E-state index in [-0.39, 0.29) is 12.4 Å². The molecule has 90 valence electrons. The molecule has 5 heteroatoms. The second-order valence-electron chi connectivity index (χ2n) is 4.44. The van der Waals surface area contributed by atoms with E-state index < -0.39 is 11.5 Å². The van der Waals surface area contributed by atoms with Crippen LogP contribution in [0.15, 0.2) is 12.1 Å². The molecule has 0 amide bonds. The summed E-state index contributed by atoms with van der Waals surface area (Å²) < 4.78 is 0. The van der Waals surface area contributed by atoms with E-state index in [0.717, 1.165) is 0 Å². The average Bonchev–Trinajstić information content (AvgIpc) is 2.15. The van der Waals surface area contributed by atoms with E-state index in [9.17, 15) is 10.2 Å². The van der Waals surface area contributed by atoms with Gasteiger partial charge in [0.05, 0.1) is 5.02 Å². The van der Waals surface area contributed by atoms with Crippen molar-refractivity contribution < 1.29 is 10.2 Å². The summed E-state index contributed by atoms with van der Waals surface area (Å²) in [5.41, 5.74) is 5.82. The third kappa shape index (κ3) is 2.61. The van der Waals surface area contributed by atoms with Gasteiger partial charge in [0.15, 0.2) is 0 Å². The van der Waals surface area contributed by atoms with Crippen molar-refractivity contribution in [3.63, 3.8) is 0 Å². The summed E-state index contributed by atoms with van der Waals surface area (Å²) in [6.07, 6.45) is 0. The minimum Gasteiger partial charge on any atom is -0.508 e. The number of hydrogen-bond donors (Lipinski definition) is 3. The molecule has 3 nitrogen and oxygen atoms in total. The Hall–Kier alpha value is -0.480. The summed E-state index contributed by atoms with van der Waals surface area (Å²) in [5, 5.41) is 19.7. The number of aliphatic hydroxyl groups excluding tert-OH is 1. The van der Waals surface area contributed by atoms with Gasteiger partial charge in [-0.05, 0) is 12.1 Å². The van der Waals surface area contributed by atoms with E-state index in [2.05, 4.69) is 0 Å². The monoisotopic (exact) mass is 263 g/mol. The SMILES string of the molecule is CC(C)(CO)[C@@H](N)c1c(O)cc(Cl)cc1Cl. The number of aromatic hydroxyl groups is 1. The van der Waals surface area contributed by atoms with Gasteiger partial charge in [-0.3, -0.25) is 0 Å². The van der Waals surface area contributed by atoms with Gasteiger partial charge in [0, 0.05) is 28.6 Å². The first kappa shape index (κ1) is 13.6. The molecule has 4 N–H and O–H groups in total. The Kier molecular flexibility index (Phi) is 4.07. The standard InChI is InChI=1S/C11H15Cl2NO2/c1-11(2,5-15)10(14)9-7(13)3-6(12)4-8(9)16/h3-4,10,15-16H,5,14H2,1-2H3/t10-/m0/s1. The van der Waals surface area contributed by atoms with E-state index in [0.29, 0.717) is 15.6 Å². The highest BCUT2D eigenvalue weighted by Crippen LogP contribution is 2.40. The zero-order chi connectivity index (χ0) is 12.5. The molecular formula is C11H15Cl2NO2. The Morgan fingerprint density at radius 2 is 1.94 bits per heavy atom. The number of phenolic OH excluding ortho intramolecular Hbond substituents is 1. The first-order chi connectivity index (χ1) is 7.29. The third-order valence-electron chi connectivity index (χ3n) is 2.63. The van der Waals surface area contributed by atoms with Crippen molar-refractivity contribution in [2.24, 2.45) is 11.1 Å². The summed E-state index contributed by atoms with van der Waals surface area (Å²) >= 11 is 11.7. The van der Waals surface area contributed by atoms with Gasteiger partial charge in [-0.25, -0.2) is 0 Å². The third-order valence-corrected chi connectivity index (χ3v) is 3.16. The van der Waals surface area contributed by atoms with E-state index in [4.69, 9.17) is 28.9 Å². The quantitative estimate of drug-likeness (QED) is 0.786. The van der Waals surface area contributed by atoms with Crippen LogP contribution in [-0.2, 0) is 0 Å². The molecular weight excluding hydrogens is 249 g/mol. The normalized spacial score (nSPS) is 13.9. The molecule has 1 aromatic rings.